The van der Waals surface area contributed by atoms with Gasteiger partial charge in [0, 0.05) is 11.6 Å². The van der Waals surface area contributed by atoms with Gasteiger partial charge in [-0.2, -0.15) is 0 Å². The van der Waals surface area contributed by atoms with Crippen molar-refractivity contribution in [3.05, 3.63) is 28.5 Å². The van der Waals surface area contributed by atoms with Crippen molar-refractivity contribution in [3.8, 4) is 0 Å². The molecule has 0 saturated heterocycles. The summed E-state index contributed by atoms with van der Waals surface area (Å²) in [6, 6.07) is 3.98. The number of aryl methyl sites for hydroxylation is 1. The van der Waals surface area contributed by atoms with Crippen LogP contribution in [0.1, 0.15) is 30.1 Å². The molecule has 1 fully saturated rings. The molecule has 0 aliphatic heterocycles. The van der Waals surface area contributed by atoms with E-state index in [4.69, 9.17) is 11.6 Å². The molecule has 0 N–H and O–H groups in total. The predicted molar refractivity (Wildman–Crippen MR) is 46.0 cm³/mol. The quantitative estimate of drug-likeness (QED) is 0.627. The molecule has 1 nitrogen and oxygen atoms in total. The Morgan fingerprint density at radius 2 is 2.18 bits per heavy atom. The van der Waals surface area contributed by atoms with E-state index in [1.54, 1.807) is 0 Å². The molecular formula is C9H10ClN. The largest absolute Gasteiger partial charge is 0.256 e. The van der Waals surface area contributed by atoms with Crippen molar-refractivity contribution in [3.63, 3.8) is 0 Å². The molecule has 0 spiro atoms. The van der Waals surface area contributed by atoms with Crippen LogP contribution in [0.15, 0.2) is 12.1 Å². The first kappa shape index (κ1) is 7.11. The lowest BCUT2D eigenvalue weighted by Gasteiger charge is -1.99. The molecule has 0 atom stereocenters. The highest BCUT2D eigenvalue weighted by molar-refractivity contribution is 6.31. The number of nitrogens with zero attached hydrogens (tertiary/aromatic N) is 1. The molecule has 0 amide bonds. The zero-order chi connectivity index (χ0) is 7.84. The van der Waals surface area contributed by atoms with Gasteiger partial charge in [0.2, 0.25) is 0 Å². The van der Waals surface area contributed by atoms with E-state index in [2.05, 4.69) is 4.98 Å². The molecule has 2 heteroatoms. The number of pyridine rings is 1. The van der Waals surface area contributed by atoms with Crippen LogP contribution in [0.2, 0.25) is 5.02 Å². The molecule has 1 saturated carbocycles. The second kappa shape index (κ2) is 2.49. The van der Waals surface area contributed by atoms with Gasteiger partial charge in [-0.25, -0.2) is 0 Å². The minimum Gasteiger partial charge on any atom is -0.256 e. The topological polar surface area (TPSA) is 12.9 Å². The molecule has 1 aromatic rings. The van der Waals surface area contributed by atoms with Crippen molar-refractivity contribution in [2.45, 2.75) is 25.7 Å². The van der Waals surface area contributed by atoms with E-state index in [0.29, 0.717) is 0 Å². The smallest absolute Gasteiger partial charge is 0.0618 e. The molecule has 0 unspecified atom stereocenters. The van der Waals surface area contributed by atoms with Gasteiger partial charge in [-0.05, 0) is 31.9 Å². The first-order valence-corrected chi connectivity index (χ1v) is 4.28. The molecule has 2 rings (SSSR count). The van der Waals surface area contributed by atoms with Crippen LogP contribution in [0.4, 0.5) is 0 Å². The fourth-order valence-corrected chi connectivity index (χ4v) is 1.28. The van der Waals surface area contributed by atoms with Crippen molar-refractivity contribution in [1.29, 1.82) is 0 Å². The summed E-state index contributed by atoms with van der Waals surface area (Å²) in [5, 5.41) is 0.773. The van der Waals surface area contributed by atoms with Crippen LogP contribution >= 0.6 is 11.6 Å². The summed E-state index contributed by atoms with van der Waals surface area (Å²) >= 11 is 5.84. The average Bonchev–Trinajstić information content (AvgIpc) is 2.77. The maximum absolute atomic E-state index is 5.84. The van der Waals surface area contributed by atoms with E-state index in [-0.39, 0.29) is 0 Å². The van der Waals surface area contributed by atoms with Crippen LogP contribution in [0, 0.1) is 6.92 Å². The number of hydrogen-bond donors (Lipinski definition) is 0. The van der Waals surface area contributed by atoms with E-state index in [1.165, 1.54) is 18.5 Å². The molecule has 0 aromatic carbocycles. The number of rotatable bonds is 1. The van der Waals surface area contributed by atoms with Gasteiger partial charge >= 0.3 is 0 Å². The Labute approximate surface area is 71.4 Å². The van der Waals surface area contributed by atoms with Gasteiger partial charge in [0.15, 0.2) is 0 Å². The molecule has 1 aliphatic rings. The lowest BCUT2D eigenvalue weighted by Crippen LogP contribution is -1.89. The fourth-order valence-electron chi connectivity index (χ4n) is 1.17. The van der Waals surface area contributed by atoms with Gasteiger partial charge in [-0.1, -0.05) is 11.6 Å². The Morgan fingerprint density at radius 1 is 1.45 bits per heavy atom. The highest BCUT2D eigenvalue weighted by atomic mass is 35.5. The van der Waals surface area contributed by atoms with E-state index >= 15 is 0 Å². The molecule has 1 aliphatic carbocycles. The van der Waals surface area contributed by atoms with Crippen molar-refractivity contribution < 1.29 is 0 Å². The SMILES string of the molecule is Cc1nc(C2CC2)ccc1Cl. The predicted octanol–water partition coefficient (Wildman–Crippen LogP) is 2.92. The van der Waals surface area contributed by atoms with Gasteiger partial charge in [-0.3, -0.25) is 4.98 Å². The third kappa shape index (κ3) is 1.38. The summed E-state index contributed by atoms with van der Waals surface area (Å²) in [7, 11) is 0. The zero-order valence-electron chi connectivity index (χ0n) is 6.47. The van der Waals surface area contributed by atoms with Crippen LogP contribution in [0.3, 0.4) is 0 Å². The van der Waals surface area contributed by atoms with Crippen LogP contribution in [0.25, 0.3) is 0 Å². The van der Waals surface area contributed by atoms with Crippen molar-refractivity contribution in [2.24, 2.45) is 0 Å². The summed E-state index contributed by atoms with van der Waals surface area (Å²) in [5.74, 6) is 0.728. The summed E-state index contributed by atoms with van der Waals surface area (Å²) in [6.07, 6.45) is 2.60. The number of halogens is 1. The second-order valence-electron chi connectivity index (χ2n) is 3.08. The summed E-state index contributed by atoms with van der Waals surface area (Å²) < 4.78 is 0. The van der Waals surface area contributed by atoms with E-state index < -0.39 is 0 Å². The minimum absolute atomic E-state index is 0.728. The van der Waals surface area contributed by atoms with Crippen molar-refractivity contribution in [2.75, 3.05) is 0 Å². The Kier molecular flexibility index (Phi) is 1.61. The van der Waals surface area contributed by atoms with Gasteiger partial charge < -0.3 is 0 Å². The first-order valence-electron chi connectivity index (χ1n) is 3.90. The molecule has 0 radical (unpaired) electrons. The Hall–Kier alpha value is -0.560. The van der Waals surface area contributed by atoms with Crippen molar-refractivity contribution >= 4 is 11.6 Å². The highest BCUT2D eigenvalue weighted by Gasteiger charge is 2.24. The maximum atomic E-state index is 5.84. The standard InChI is InChI=1S/C9H10ClN/c1-6-8(10)4-5-9(11-6)7-2-3-7/h4-5,7H,2-3H2,1H3. The monoisotopic (exact) mass is 167 g/mol. The van der Waals surface area contributed by atoms with Crippen LogP contribution in [-0.4, -0.2) is 4.98 Å². The fraction of sp³-hybridized carbons (Fsp3) is 0.444. The average molecular weight is 168 g/mol. The lowest BCUT2D eigenvalue weighted by molar-refractivity contribution is 0.995. The Morgan fingerprint density at radius 3 is 2.73 bits per heavy atom. The van der Waals surface area contributed by atoms with E-state index in [9.17, 15) is 0 Å². The maximum Gasteiger partial charge on any atom is 0.0618 e. The second-order valence-corrected chi connectivity index (χ2v) is 3.48. The molecule has 1 heterocycles. The summed E-state index contributed by atoms with van der Waals surface area (Å²) in [4.78, 5) is 4.40. The number of aromatic nitrogens is 1. The van der Waals surface area contributed by atoms with Gasteiger partial charge in [0.1, 0.15) is 0 Å². The zero-order valence-corrected chi connectivity index (χ0v) is 7.23. The summed E-state index contributed by atoms with van der Waals surface area (Å²) in [5.41, 5.74) is 2.17. The lowest BCUT2D eigenvalue weighted by atomic mass is 10.2. The third-order valence-corrected chi connectivity index (χ3v) is 2.44. The first-order chi connectivity index (χ1) is 5.27. The summed E-state index contributed by atoms with van der Waals surface area (Å²) in [6.45, 7) is 1.95. The van der Waals surface area contributed by atoms with Crippen LogP contribution in [0.5, 0.6) is 0 Å². The molecular weight excluding hydrogens is 158 g/mol. The van der Waals surface area contributed by atoms with Crippen molar-refractivity contribution in [1.82, 2.24) is 4.98 Å². The molecule has 58 valence electrons. The van der Waals surface area contributed by atoms with Crippen LogP contribution < -0.4 is 0 Å². The Bertz CT molecular complexity index is 279. The van der Waals surface area contributed by atoms with E-state index in [0.717, 1.165) is 16.6 Å². The van der Waals surface area contributed by atoms with Gasteiger partial charge in [-0.15, -0.1) is 0 Å². The minimum atomic E-state index is 0.728. The molecule has 1 aromatic heterocycles. The van der Waals surface area contributed by atoms with Gasteiger partial charge in [0.05, 0.1) is 10.7 Å². The number of hydrogen-bond acceptors (Lipinski definition) is 1. The van der Waals surface area contributed by atoms with E-state index in [1.807, 2.05) is 19.1 Å². The molecule has 0 bridgehead atoms. The highest BCUT2D eigenvalue weighted by Crippen LogP contribution is 2.39. The van der Waals surface area contributed by atoms with Gasteiger partial charge in [0.25, 0.3) is 0 Å². The normalized spacial score (nSPS) is 16.9. The Balaban J connectivity index is 2.36. The van der Waals surface area contributed by atoms with Crippen LogP contribution in [-0.2, 0) is 0 Å². The molecule has 11 heavy (non-hydrogen) atoms. The third-order valence-electron chi connectivity index (χ3n) is 2.04.